The number of pyridine rings is 1. The van der Waals surface area contributed by atoms with E-state index in [4.69, 9.17) is 4.74 Å². The Kier molecular flexibility index (Phi) is 11.1. The molecule has 8 rings (SSSR count). The molecule has 15 heteroatoms. The molecule has 1 saturated carbocycles. The molecule has 0 spiro atoms. The zero-order valence-corrected chi connectivity index (χ0v) is 32.3. The largest absolute Gasteiger partial charge is 0.382 e. The van der Waals surface area contributed by atoms with E-state index < -0.39 is 17.9 Å². The summed E-state index contributed by atoms with van der Waals surface area (Å²) in [4.78, 5) is 96.2. The Morgan fingerprint density at radius 2 is 1.63 bits per heavy atom. The van der Waals surface area contributed by atoms with Crippen LogP contribution >= 0.6 is 0 Å². The van der Waals surface area contributed by atoms with E-state index in [0.717, 1.165) is 17.4 Å². The molecule has 2 aliphatic carbocycles. The van der Waals surface area contributed by atoms with Gasteiger partial charge in [0.1, 0.15) is 6.04 Å². The van der Waals surface area contributed by atoms with E-state index in [1.54, 1.807) is 48.7 Å². The second kappa shape index (κ2) is 16.7. The number of likely N-dealkylation sites (N-methyl/N-ethyl adjacent to an activating group) is 1. The third-order valence-corrected chi connectivity index (χ3v) is 11.7. The van der Waals surface area contributed by atoms with Crippen molar-refractivity contribution in [2.75, 3.05) is 48.9 Å². The van der Waals surface area contributed by atoms with Crippen molar-refractivity contribution in [1.82, 2.24) is 20.5 Å². The third kappa shape index (κ3) is 7.62. The van der Waals surface area contributed by atoms with Gasteiger partial charge >= 0.3 is 0 Å². The summed E-state index contributed by atoms with van der Waals surface area (Å²) in [6, 6.07) is 18.1. The van der Waals surface area contributed by atoms with Crippen LogP contribution in [0.2, 0.25) is 0 Å². The monoisotopic (exact) mass is 797 g/mol. The summed E-state index contributed by atoms with van der Waals surface area (Å²) in [6.45, 7) is 2.09. The van der Waals surface area contributed by atoms with Gasteiger partial charge in [0.15, 0.2) is 6.29 Å². The molecule has 5 atom stereocenters. The van der Waals surface area contributed by atoms with Crippen molar-refractivity contribution in [3.05, 3.63) is 107 Å². The number of carbonyl (C=O) groups is 7. The maximum Gasteiger partial charge on any atom is 0.257 e. The van der Waals surface area contributed by atoms with Crippen LogP contribution < -0.4 is 26.2 Å². The molecule has 3 aromatic carbocycles. The molecule has 0 radical (unpaired) electrons. The average molecular weight is 798 g/mol. The molecule has 302 valence electrons. The number of aldehydes is 1. The Morgan fingerprint density at radius 3 is 2.36 bits per heavy atom. The fourth-order valence-electron chi connectivity index (χ4n) is 8.75. The van der Waals surface area contributed by atoms with Gasteiger partial charge in [0.05, 0.1) is 47.5 Å². The Balaban J connectivity index is 0.812. The minimum absolute atomic E-state index is 0.120. The van der Waals surface area contributed by atoms with Gasteiger partial charge in [0.2, 0.25) is 23.6 Å². The number of ether oxygens (including phenoxy) is 1. The van der Waals surface area contributed by atoms with Crippen LogP contribution in [0.25, 0.3) is 10.9 Å². The number of nitrogens with one attached hydrogen (secondary N) is 4. The standard InChI is InChI=1S/C44H43N7O8/c1-50(34-14-15-35(53)49-41(34)55)42(56)36-29(24-52)4-2-6-32(36)46-19-21-59-20-18-45-23-28-16-17-47-39-31(28)5-3-7-33(39)48-40(54)25-10-12-30(13-11-25)51-43(57)37-26-8-9-27(22-26)38(37)44(51)58/h2-13,16-17,24,26-27,34,37-38,45-46H,14-15,18-23H2,1H3,(H,48,54)(H,49,53,55)/t26-,27+,34?,37-,38+. The summed E-state index contributed by atoms with van der Waals surface area (Å²) in [5.74, 6) is -2.45. The van der Waals surface area contributed by atoms with Gasteiger partial charge in [0, 0.05) is 61.5 Å². The number of fused-ring (bicyclic) bond motifs is 6. The number of allylic oxidation sites excluding steroid dienone is 2. The molecule has 4 aliphatic rings. The maximum absolute atomic E-state index is 13.5. The molecule has 3 fully saturated rings. The van der Waals surface area contributed by atoms with Crippen LogP contribution in [0.3, 0.4) is 0 Å². The summed E-state index contributed by atoms with van der Waals surface area (Å²) in [7, 11) is 1.48. The maximum atomic E-state index is 13.5. The molecular weight excluding hydrogens is 755 g/mol. The van der Waals surface area contributed by atoms with Crippen LogP contribution in [0.1, 0.15) is 55.9 Å². The lowest BCUT2D eigenvalue weighted by molar-refractivity contribution is -0.136. The van der Waals surface area contributed by atoms with Gasteiger partial charge in [-0.2, -0.15) is 0 Å². The third-order valence-electron chi connectivity index (χ3n) is 11.7. The molecule has 15 nitrogen and oxygen atoms in total. The first-order valence-electron chi connectivity index (χ1n) is 19.7. The van der Waals surface area contributed by atoms with Crippen molar-refractivity contribution in [2.45, 2.75) is 31.8 Å². The minimum atomic E-state index is -0.829. The highest BCUT2D eigenvalue weighted by Gasteiger charge is 2.59. The number of hydrogen-bond donors (Lipinski definition) is 4. The Bertz CT molecular complexity index is 2370. The van der Waals surface area contributed by atoms with Gasteiger partial charge in [-0.25, -0.2) is 0 Å². The first kappa shape index (κ1) is 39.3. The number of benzene rings is 3. The highest BCUT2D eigenvalue weighted by Crippen LogP contribution is 2.53. The van der Waals surface area contributed by atoms with Crippen LogP contribution in [-0.4, -0.2) is 91.0 Å². The first-order valence-corrected chi connectivity index (χ1v) is 19.7. The number of hydrogen-bond acceptors (Lipinski definition) is 11. The van der Waals surface area contributed by atoms with Crippen molar-refractivity contribution < 1.29 is 38.3 Å². The van der Waals surface area contributed by atoms with Crippen molar-refractivity contribution >= 4 is 69.7 Å². The fourth-order valence-corrected chi connectivity index (χ4v) is 8.75. The van der Waals surface area contributed by atoms with E-state index in [0.29, 0.717) is 67.3 Å². The summed E-state index contributed by atoms with van der Waals surface area (Å²) in [5.41, 5.74) is 3.73. The number of para-hydroxylation sites is 1. The average Bonchev–Trinajstić information content (AvgIpc) is 3.94. The minimum Gasteiger partial charge on any atom is -0.382 e. The topological polar surface area (TPSA) is 196 Å². The summed E-state index contributed by atoms with van der Waals surface area (Å²) < 4.78 is 5.81. The fraction of sp³-hybridized carbons (Fsp3) is 0.318. The Hall–Kier alpha value is -6.58. The van der Waals surface area contributed by atoms with Gasteiger partial charge in [0.25, 0.3) is 11.8 Å². The van der Waals surface area contributed by atoms with Gasteiger partial charge in [-0.1, -0.05) is 36.4 Å². The van der Waals surface area contributed by atoms with Gasteiger partial charge in [-0.15, -0.1) is 0 Å². The lowest BCUT2D eigenvalue weighted by Crippen LogP contribution is -2.53. The van der Waals surface area contributed by atoms with E-state index >= 15 is 0 Å². The molecule has 59 heavy (non-hydrogen) atoms. The van der Waals surface area contributed by atoms with Crippen LogP contribution in [0.5, 0.6) is 0 Å². The first-order chi connectivity index (χ1) is 28.6. The highest BCUT2D eigenvalue weighted by atomic mass is 16.5. The SMILES string of the molecule is CN(C(=O)c1c(C=O)cccc1NCCOCCNCc1ccnc2c(NC(=O)c3ccc(N4C(=O)[C@@H]5[C@H](C4=O)[C@@H]4C=C[C@H]5C4)cc3)cccc12)C1CCC(=O)NC1=O. The van der Waals surface area contributed by atoms with Gasteiger partial charge < -0.3 is 25.6 Å². The zero-order chi connectivity index (χ0) is 41.2. The van der Waals surface area contributed by atoms with E-state index in [-0.39, 0.29) is 71.3 Å². The lowest BCUT2D eigenvalue weighted by Gasteiger charge is -2.30. The van der Waals surface area contributed by atoms with Crippen molar-refractivity contribution in [2.24, 2.45) is 23.7 Å². The number of piperidine rings is 1. The number of rotatable bonds is 15. The molecule has 2 bridgehead atoms. The van der Waals surface area contributed by atoms with Crippen LogP contribution in [-0.2, 0) is 30.5 Å². The van der Waals surface area contributed by atoms with Crippen molar-refractivity contribution in [1.29, 1.82) is 0 Å². The van der Waals surface area contributed by atoms with Crippen LogP contribution in [0.15, 0.2) is 85.1 Å². The molecular formula is C44H43N7O8. The number of anilines is 3. The van der Waals surface area contributed by atoms with E-state index in [9.17, 15) is 33.6 Å². The molecule has 6 amide bonds. The molecule has 4 N–H and O–H groups in total. The number of amides is 6. The number of imide groups is 2. The molecule has 1 aromatic heterocycles. The molecule has 2 saturated heterocycles. The quantitative estimate of drug-likeness (QED) is 0.0593. The van der Waals surface area contributed by atoms with Gasteiger partial charge in [-0.05, 0) is 72.7 Å². The zero-order valence-electron chi connectivity index (χ0n) is 32.3. The number of carbonyl (C=O) groups excluding carboxylic acids is 7. The number of nitrogens with zero attached hydrogens (tertiary/aromatic N) is 3. The predicted molar refractivity (Wildman–Crippen MR) is 217 cm³/mol. The lowest BCUT2D eigenvalue weighted by atomic mass is 9.85. The second-order valence-corrected chi connectivity index (χ2v) is 15.2. The summed E-state index contributed by atoms with van der Waals surface area (Å²) >= 11 is 0. The van der Waals surface area contributed by atoms with Crippen molar-refractivity contribution in [3.8, 4) is 0 Å². The smallest absolute Gasteiger partial charge is 0.257 e. The van der Waals surface area contributed by atoms with Gasteiger partial charge in [-0.3, -0.25) is 48.8 Å². The van der Waals surface area contributed by atoms with E-state index in [2.05, 4.69) is 38.4 Å². The molecule has 2 aliphatic heterocycles. The highest BCUT2D eigenvalue weighted by molar-refractivity contribution is 6.23. The molecule has 1 unspecified atom stereocenters. The van der Waals surface area contributed by atoms with E-state index in [1.807, 2.05) is 18.2 Å². The van der Waals surface area contributed by atoms with Crippen LogP contribution in [0, 0.1) is 23.7 Å². The molecule has 4 aromatic rings. The Labute approximate surface area is 339 Å². The summed E-state index contributed by atoms with van der Waals surface area (Å²) in [5, 5.41) is 12.6. The van der Waals surface area contributed by atoms with Crippen LogP contribution in [0.4, 0.5) is 17.1 Å². The Morgan fingerprint density at radius 1 is 0.915 bits per heavy atom. The summed E-state index contributed by atoms with van der Waals surface area (Å²) in [6.07, 6.45) is 7.59. The van der Waals surface area contributed by atoms with Crippen molar-refractivity contribution in [3.63, 3.8) is 0 Å². The predicted octanol–water partition coefficient (Wildman–Crippen LogP) is 3.71. The number of aromatic nitrogens is 1. The van der Waals surface area contributed by atoms with E-state index in [1.165, 1.54) is 22.9 Å². The second-order valence-electron chi connectivity index (χ2n) is 15.2. The normalized spacial score (nSPS) is 21.8. The molecule has 3 heterocycles.